The van der Waals surface area contributed by atoms with Gasteiger partial charge in [0, 0.05) is 36.7 Å². The molecule has 0 saturated heterocycles. The average molecular weight is 595 g/mol. The van der Waals surface area contributed by atoms with Gasteiger partial charge in [0.15, 0.2) is 5.65 Å². The number of aromatic nitrogens is 3. The van der Waals surface area contributed by atoms with Crippen molar-refractivity contribution in [1.29, 1.82) is 0 Å². The molecule has 43 heavy (non-hydrogen) atoms. The number of nitrogens with zero attached hydrogens (tertiary/aromatic N) is 2. The minimum absolute atomic E-state index is 0.0312. The number of aromatic amines is 1. The van der Waals surface area contributed by atoms with Crippen LogP contribution in [0.5, 0.6) is 0 Å². The molecule has 2 aromatic heterocycles. The number of hydrogen-bond donors (Lipinski definition) is 4. The molecule has 230 valence electrons. The molecule has 0 aliphatic rings. The smallest absolute Gasteiger partial charge is 0.328 e. The van der Waals surface area contributed by atoms with E-state index in [1.54, 1.807) is 71.1 Å². The van der Waals surface area contributed by atoms with Crippen LogP contribution in [0, 0.1) is 5.41 Å². The number of carbonyl (C=O) groups is 4. The van der Waals surface area contributed by atoms with E-state index in [2.05, 4.69) is 30.9 Å². The Bertz CT molecular complexity index is 1510. The van der Waals surface area contributed by atoms with Gasteiger partial charge in [-0.25, -0.2) is 9.78 Å². The quantitative estimate of drug-likeness (QED) is 0.215. The molecule has 0 aliphatic carbocycles. The molecule has 13 heteroatoms. The van der Waals surface area contributed by atoms with E-state index in [-0.39, 0.29) is 43.6 Å². The first-order valence-corrected chi connectivity index (χ1v) is 14.0. The highest BCUT2D eigenvalue weighted by molar-refractivity contribution is 5.97. The minimum Gasteiger partial charge on any atom is -0.466 e. The van der Waals surface area contributed by atoms with Crippen LogP contribution < -0.4 is 21.5 Å². The van der Waals surface area contributed by atoms with Gasteiger partial charge in [-0.15, -0.1) is 0 Å². The Morgan fingerprint density at radius 1 is 0.977 bits per heavy atom. The fourth-order valence-electron chi connectivity index (χ4n) is 3.87. The van der Waals surface area contributed by atoms with Gasteiger partial charge in [-0.1, -0.05) is 32.9 Å². The molecule has 2 heterocycles. The number of fused-ring (bicyclic) bond motifs is 1. The highest BCUT2D eigenvalue weighted by Crippen LogP contribution is 2.16. The number of anilines is 1. The Kier molecular flexibility index (Phi) is 11.5. The van der Waals surface area contributed by atoms with Crippen LogP contribution in [-0.4, -0.2) is 58.0 Å². The molecule has 3 aromatic rings. The number of rotatable bonds is 13. The summed E-state index contributed by atoms with van der Waals surface area (Å²) in [5.74, 6) is -1.78. The summed E-state index contributed by atoms with van der Waals surface area (Å²) < 4.78 is 9.94. The van der Waals surface area contributed by atoms with Crippen LogP contribution in [0.1, 0.15) is 68.9 Å². The average Bonchev–Trinajstić information content (AvgIpc) is 2.95. The van der Waals surface area contributed by atoms with Crippen molar-refractivity contribution in [2.24, 2.45) is 5.41 Å². The Morgan fingerprint density at radius 2 is 1.65 bits per heavy atom. The van der Waals surface area contributed by atoms with Crippen molar-refractivity contribution in [3.05, 3.63) is 63.6 Å². The van der Waals surface area contributed by atoms with Gasteiger partial charge >= 0.3 is 11.9 Å². The molecule has 3 rings (SSSR count). The standard InChI is InChI=1S/C30H38N6O7/c1-6-42-23(37)13-12-22(27(40)43-7-2)33-25(38)20-10-8-18(9-11-20)15-31-16-19-14-21-24(32-17-19)34-29(35-26(21)39)36-28(41)30(3,4)5/h8-11,14,17,22,31H,6-7,12-13,15-16H2,1-5H3,(H,33,38)(H2,32,34,35,36,39,41)/t22-/m0/s1. The number of hydrogen-bond acceptors (Lipinski definition) is 10. The number of carbonyl (C=O) groups excluding carboxylic acids is 4. The molecule has 0 saturated carbocycles. The van der Waals surface area contributed by atoms with Gasteiger partial charge in [0.05, 0.1) is 18.6 Å². The number of benzene rings is 1. The summed E-state index contributed by atoms with van der Waals surface area (Å²) in [5.41, 5.74) is 1.16. The second-order valence-corrected chi connectivity index (χ2v) is 10.8. The SMILES string of the molecule is CCOC(=O)CC[C@H](NC(=O)c1ccc(CNCc2cnc3nc(NC(=O)C(C)(C)C)[nH]c(=O)c3c2)cc1)C(=O)OCC. The Labute approximate surface area is 249 Å². The third-order valence-corrected chi connectivity index (χ3v) is 6.22. The van der Waals surface area contributed by atoms with E-state index in [1.165, 1.54) is 0 Å². The van der Waals surface area contributed by atoms with E-state index in [0.29, 0.717) is 24.0 Å². The molecule has 0 aliphatic heterocycles. The first kappa shape index (κ1) is 32.9. The predicted molar refractivity (Wildman–Crippen MR) is 159 cm³/mol. The number of ether oxygens (including phenoxy) is 2. The van der Waals surface area contributed by atoms with Crippen LogP contribution in [0.2, 0.25) is 0 Å². The van der Waals surface area contributed by atoms with Gasteiger partial charge in [0.1, 0.15) is 6.04 Å². The van der Waals surface area contributed by atoms with Gasteiger partial charge in [0.2, 0.25) is 11.9 Å². The third kappa shape index (κ3) is 9.70. The van der Waals surface area contributed by atoms with Gasteiger partial charge in [0.25, 0.3) is 11.5 Å². The maximum absolute atomic E-state index is 12.8. The number of amides is 2. The fraction of sp³-hybridized carbons (Fsp3) is 0.433. The topological polar surface area (TPSA) is 181 Å². The van der Waals surface area contributed by atoms with Crippen molar-refractivity contribution in [2.75, 3.05) is 18.5 Å². The molecule has 0 unspecified atom stereocenters. The Morgan fingerprint density at radius 3 is 2.30 bits per heavy atom. The molecule has 4 N–H and O–H groups in total. The molecule has 0 radical (unpaired) electrons. The second kappa shape index (κ2) is 15.0. The molecular weight excluding hydrogens is 556 g/mol. The lowest BCUT2D eigenvalue weighted by Crippen LogP contribution is -2.42. The number of nitrogens with one attached hydrogen (secondary N) is 4. The van der Waals surface area contributed by atoms with Crippen molar-refractivity contribution in [3.8, 4) is 0 Å². The van der Waals surface area contributed by atoms with Gasteiger partial charge in [-0.3, -0.25) is 29.5 Å². The van der Waals surface area contributed by atoms with Crippen molar-refractivity contribution < 1.29 is 28.7 Å². The van der Waals surface area contributed by atoms with E-state index in [9.17, 15) is 24.0 Å². The molecule has 2 amide bonds. The Balaban J connectivity index is 1.57. The maximum atomic E-state index is 12.8. The van der Waals surface area contributed by atoms with Gasteiger partial charge in [-0.05, 0) is 49.6 Å². The second-order valence-electron chi connectivity index (χ2n) is 10.8. The van der Waals surface area contributed by atoms with Gasteiger partial charge < -0.3 is 20.1 Å². The van der Waals surface area contributed by atoms with Crippen LogP contribution in [0.25, 0.3) is 11.0 Å². The van der Waals surface area contributed by atoms with Crippen LogP contribution >= 0.6 is 0 Å². The highest BCUT2D eigenvalue weighted by Gasteiger charge is 2.24. The predicted octanol–water partition coefficient (Wildman–Crippen LogP) is 2.60. The van der Waals surface area contributed by atoms with E-state index in [4.69, 9.17) is 9.47 Å². The van der Waals surface area contributed by atoms with Crippen LogP contribution in [-0.2, 0) is 36.9 Å². The van der Waals surface area contributed by atoms with E-state index < -0.39 is 34.9 Å². The monoisotopic (exact) mass is 594 g/mol. The van der Waals surface area contributed by atoms with E-state index in [1.807, 2.05) is 0 Å². The fourth-order valence-corrected chi connectivity index (χ4v) is 3.87. The lowest BCUT2D eigenvalue weighted by atomic mass is 9.96. The minimum atomic E-state index is -0.981. The molecular formula is C30H38N6O7. The highest BCUT2D eigenvalue weighted by atomic mass is 16.5. The molecule has 0 spiro atoms. The van der Waals surface area contributed by atoms with Gasteiger partial charge in [-0.2, -0.15) is 4.98 Å². The zero-order valence-corrected chi connectivity index (χ0v) is 25.0. The maximum Gasteiger partial charge on any atom is 0.328 e. The summed E-state index contributed by atoms with van der Waals surface area (Å²) in [4.78, 5) is 72.7. The summed E-state index contributed by atoms with van der Waals surface area (Å²) in [6.45, 7) is 9.87. The van der Waals surface area contributed by atoms with Crippen molar-refractivity contribution >= 4 is 40.7 Å². The molecule has 13 nitrogen and oxygen atoms in total. The zero-order valence-electron chi connectivity index (χ0n) is 25.0. The number of H-pyrrole nitrogens is 1. The first-order chi connectivity index (χ1) is 20.4. The van der Waals surface area contributed by atoms with E-state index >= 15 is 0 Å². The van der Waals surface area contributed by atoms with Crippen LogP contribution in [0.3, 0.4) is 0 Å². The van der Waals surface area contributed by atoms with Crippen LogP contribution in [0.4, 0.5) is 5.95 Å². The largest absolute Gasteiger partial charge is 0.466 e. The van der Waals surface area contributed by atoms with Crippen molar-refractivity contribution in [1.82, 2.24) is 25.6 Å². The van der Waals surface area contributed by atoms with E-state index in [0.717, 1.165) is 11.1 Å². The summed E-state index contributed by atoms with van der Waals surface area (Å²) in [6, 6.07) is 7.54. The lowest BCUT2D eigenvalue weighted by Gasteiger charge is -2.17. The zero-order chi connectivity index (χ0) is 31.6. The lowest BCUT2D eigenvalue weighted by molar-refractivity contribution is -0.146. The van der Waals surface area contributed by atoms with Crippen molar-refractivity contribution in [2.45, 2.75) is 66.6 Å². The Hall–Kier alpha value is -4.65. The van der Waals surface area contributed by atoms with Crippen LogP contribution in [0.15, 0.2) is 41.3 Å². The molecule has 1 aromatic carbocycles. The third-order valence-electron chi connectivity index (χ3n) is 6.22. The number of esters is 2. The molecule has 0 bridgehead atoms. The van der Waals surface area contributed by atoms with Crippen molar-refractivity contribution in [3.63, 3.8) is 0 Å². The normalized spacial score (nSPS) is 11.9. The molecule has 1 atom stereocenters. The summed E-state index contributed by atoms with van der Waals surface area (Å²) in [6.07, 6.45) is 1.63. The molecule has 0 fully saturated rings. The first-order valence-electron chi connectivity index (χ1n) is 14.0. The summed E-state index contributed by atoms with van der Waals surface area (Å²) in [5, 5.41) is 8.81. The summed E-state index contributed by atoms with van der Waals surface area (Å²) >= 11 is 0. The number of pyridine rings is 1. The summed E-state index contributed by atoms with van der Waals surface area (Å²) in [7, 11) is 0.